The second-order valence-electron chi connectivity index (χ2n) is 6.16. The molecule has 20 heavy (non-hydrogen) atoms. The van der Waals surface area contributed by atoms with E-state index in [1.165, 1.54) is 30.4 Å². The van der Waals surface area contributed by atoms with Crippen molar-refractivity contribution in [2.24, 2.45) is 5.41 Å². The summed E-state index contributed by atoms with van der Waals surface area (Å²) in [4.78, 5) is -0.0140. The number of hydrogen-bond donors (Lipinski definition) is 0. The molecule has 1 rings (SSSR count). The van der Waals surface area contributed by atoms with Crippen molar-refractivity contribution in [3.63, 3.8) is 0 Å². The zero-order chi connectivity index (χ0) is 15.7. The molecule has 0 heterocycles. The summed E-state index contributed by atoms with van der Waals surface area (Å²) in [6.07, 6.45) is 0. The predicted molar refractivity (Wildman–Crippen MR) is 80.0 cm³/mol. The summed E-state index contributed by atoms with van der Waals surface area (Å²) in [5.74, 6) is -0.478. The van der Waals surface area contributed by atoms with Crippen LogP contribution in [0.2, 0.25) is 0 Å². The number of halogens is 2. The highest BCUT2D eigenvalue weighted by atomic mass is 35.5. The largest absolute Gasteiger partial charge is 0.243 e. The minimum Gasteiger partial charge on any atom is -0.207 e. The van der Waals surface area contributed by atoms with Crippen molar-refractivity contribution in [1.29, 1.82) is 0 Å². The van der Waals surface area contributed by atoms with Gasteiger partial charge in [-0.05, 0) is 30.0 Å². The van der Waals surface area contributed by atoms with Crippen LogP contribution in [0.25, 0.3) is 0 Å². The Labute approximate surface area is 125 Å². The minimum absolute atomic E-state index is 0.0140. The van der Waals surface area contributed by atoms with Crippen LogP contribution in [-0.4, -0.2) is 26.3 Å². The first-order valence-electron chi connectivity index (χ1n) is 6.30. The van der Waals surface area contributed by atoms with Gasteiger partial charge in [-0.2, -0.15) is 0 Å². The fourth-order valence-electron chi connectivity index (χ4n) is 1.97. The second kappa shape index (κ2) is 6.00. The summed E-state index contributed by atoms with van der Waals surface area (Å²) in [6, 6.07) is 2.71. The Morgan fingerprint density at radius 1 is 1.30 bits per heavy atom. The van der Waals surface area contributed by atoms with Crippen LogP contribution in [0, 0.1) is 18.2 Å². The van der Waals surface area contributed by atoms with Crippen LogP contribution in [0.15, 0.2) is 17.0 Å². The first-order chi connectivity index (χ1) is 8.99. The van der Waals surface area contributed by atoms with Gasteiger partial charge in [0.1, 0.15) is 5.82 Å². The zero-order valence-electron chi connectivity index (χ0n) is 12.5. The van der Waals surface area contributed by atoms with Gasteiger partial charge < -0.3 is 0 Å². The standard InChI is InChI=1S/C14H21ClFNO2S/c1-10-12(16)6-11(8-15)7-13(10)20(18,19)17(5)9-14(2,3)4/h6-7H,8-9H2,1-5H3. The number of nitrogens with zero attached hydrogens (tertiary/aromatic N) is 1. The lowest BCUT2D eigenvalue weighted by Crippen LogP contribution is -2.35. The lowest BCUT2D eigenvalue weighted by molar-refractivity contribution is 0.310. The molecule has 0 saturated carbocycles. The van der Waals surface area contributed by atoms with Crippen LogP contribution in [0.4, 0.5) is 4.39 Å². The lowest BCUT2D eigenvalue weighted by atomic mass is 9.97. The van der Waals surface area contributed by atoms with Crippen molar-refractivity contribution in [2.75, 3.05) is 13.6 Å². The second-order valence-corrected chi connectivity index (χ2v) is 8.44. The Balaban J connectivity index is 3.32. The van der Waals surface area contributed by atoms with E-state index in [0.29, 0.717) is 12.1 Å². The van der Waals surface area contributed by atoms with Crippen molar-refractivity contribution in [3.8, 4) is 0 Å². The summed E-state index contributed by atoms with van der Waals surface area (Å²) < 4.78 is 40.2. The predicted octanol–water partition coefficient (Wildman–Crippen LogP) is 3.54. The maximum atomic E-state index is 13.8. The molecule has 0 atom stereocenters. The van der Waals surface area contributed by atoms with Crippen LogP contribution in [0.3, 0.4) is 0 Å². The molecule has 0 radical (unpaired) electrons. The van der Waals surface area contributed by atoms with Crippen LogP contribution in [0.5, 0.6) is 0 Å². The molecule has 0 amide bonds. The molecule has 0 unspecified atom stereocenters. The van der Waals surface area contributed by atoms with E-state index < -0.39 is 15.8 Å². The third-order valence-electron chi connectivity index (χ3n) is 2.90. The molecule has 3 nitrogen and oxygen atoms in total. The first-order valence-corrected chi connectivity index (χ1v) is 8.28. The molecule has 0 saturated heterocycles. The third kappa shape index (κ3) is 3.93. The van der Waals surface area contributed by atoms with Gasteiger partial charge in [-0.25, -0.2) is 17.1 Å². The summed E-state index contributed by atoms with van der Waals surface area (Å²) in [7, 11) is -2.22. The average Bonchev–Trinajstić information content (AvgIpc) is 2.29. The highest BCUT2D eigenvalue weighted by molar-refractivity contribution is 7.89. The molecule has 0 aliphatic rings. The van der Waals surface area contributed by atoms with E-state index in [-0.39, 0.29) is 21.8 Å². The SMILES string of the molecule is Cc1c(F)cc(CCl)cc1S(=O)(=O)N(C)CC(C)(C)C. The fraction of sp³-hybridized carbons (Fsp3) is 0.571. The first kappa shape index (κ1) is 17.4. The van der Waals surface area contributed by atoms with Crippen molar-refractivity contribution < 1.29 is 12.8 Å². The highest BCUT2D eigenvalue weighted by Gasteiger charge is 2.28. The number of benzene rings is 1. The van der Waals surface area contributed by atoms with Gasteiger partial charge in [0.2, 0.25) is 10.0 Å². The number of alkyl halides is 1. The Hall–Kier alpha value is -0.650. The normalized spacial score (nSPS) is 13.0. The van der Waals surface area contributed by atoms with Gasteiger partial charge in [-0.1, -0.05) is 20.8 Å². The summed E-state index contributed by atoms with van der Waals surface area (Å²) in [5, 5.41) is 0. The summed E-state index contributed by atoms with van der Waals surface area (Å²) >= 11 is 5.68. The van der Waals surface area contributed by atoms with Gasteiger partial charge in [0.15, 0.2) is 0 Å². The Bertz CT molecular complexity index is 594. The minimum atomic E-state index is -3.72. The molecule has 0 fully saturated rings. The zero-order valence-corrected chi connectivity index (χ0v) is 14.1. The van der Waals surface area contributed by atoms with Crippen LogP contribution in [0.1, 0.15) is 31.9 Å². The number of hydrogen-bond acceptors (Lipinski definition) is 2. The van der Waals surface area contributed by atoms with E-state index in [1.807, 2.05) is 20.8 Å². The molecule has 0 N–H and O–H groups in total. The van der Waals surface area contributed by atoms with Crippen LogP contribution >= 0.6 is 11.6 Å². The Morgan fingerprint density at radius 3 is 2.30 bits per heavy atom. The highest BCUT2D eigenvalue weighted by Crippen LogP contribution is 2.26. The van der Waals surface area contributed by atoms with E-state index in [4.69, 9.17) is 11.6 Å². The lowest BCUT2D eigenvalue weighted by Gasteiger charge is -2.26. The molecular formula is C14H21ClFNO2S. The quantitative estimate of drug-likeness (QED) is 0.795. The molecular weight excluding hydrogens is 301 g/mol. The van der Waals surface area contributed by atoms with Gasteiger partial charge in [0.25, 0.3) is 0 Å². The number of sulfonamides is 1. The summed E-state index contributed by atoms with van der Waals surface area (Å²) in [6.45, 7) is 7.65. The fourth-order valence-corrected chi connectivity index (χ4v) is 3.81. The molecule has 0 aliphatic carbocycles. The van der Waals surface area contributed by atoms with E-state index in [0.717, 1.165) is 0 Å². The third-order valence-corrected chi connectivity index (χ3v) is 5.13. The van der Waals surface area contributed by atoms with Crippen molar-refractivity contribution >= 4 is 21.6 Å². The van der Waals surface area contributed by atoms with Crippen molar-refractivity contribution in [3.05, 3.63) is 29.1 Å². The number of rotatable bonds is 4. The molecule has 1 aromatic rings. The van der Waals surface area contributed by atoms with Crippen LogP contribution < -0.4 is 0 Å². The van der Waals surface area contributed by atoms with E-state index in [1.54, 1.807) is 0 Å². The maximum Gasteiger partial charge on any atom is 0.243 e. The van der Waals surface area contributed by atoms with Gasteiger partial charge >= 0.3 is 0 Å². The van der Waals surface area contributed by atoms with Gasteiger partial charge in [-0.15, -0.1) is 11.6 Å². The van der Waals surface area contributed by atoms with Crippen molar-refractivity contribution in [1.82, 2.24) is 4.31 Å². The molecule has 114 valence electrons. The van der Waals surface area contributed by atoms with Gasteiger partial charge in [-0.3, -0.25) is 0 Å². The maximum absolute atomic E-state index is 13.8. The molecule has 0 aliphatic heterocycles. The molecule has 6 heteroatoms. The van der Waals surface area contributed by atoms with E-state index in [9.17, 15) is 12.8 Å². The van der Waals surface area contributed by atoms with E-state index >= 15 is 0 Å². The van der Waals surface area contributed by atoms with Crippen LogP contribution in [-0.2, 0) is 15.9 Å². The average molecular weight is 322 g/mol. The monoisotopic (exact) mass is 321 g/mol. The van der Waals surface area contributed by atoms with Gasteiger partial charge in [0, 0.05) is 25.0 Å². The van der Waals surface area contributed by atoms with Crippen molar-refractivity contribution in [2.45, 2.75) is 38.5 Å². The van der Waals surface area contributed by atoms with E-state index in [2.05, 4.69) is 0 Å². The Kier molecular flexibility index (Phi) is 5.22. The smallest absolute Gasteiger partial charge is 0.207 e. The molecule has 1 aromatic carbocycles. The molecule has 0 spiro atoms. The topological polar surface area (TPSA) is 37.4 Å². The molecule has 0 aromatic heterocycles. The molecule has 0 bridgehead atoms. The Morgan fingerprint density at radius 2 is 1.85 bits per heavy atom. The van der Waals surface area contributed by atoms with Gasteiger partial charge in [0.05, 0.1) is 4.90 Å². The summed E-state index contributed by atoms with van der Waals surface area (Å²) in [5.41, 5.74) is 0.398.